The zero-order chi connectivity index (χ0) is 7.84. The molecular weight excluding hydrogens is 224 g/mol. The van der Waals surface area contributed by atoms with E-state index in [1.165, 1.54) is 4.70 Å². The molecule has 4 heteroatoms. The Hall–Kier alpha value is -0.610. The monoisotopic (exact) mass is 228 g/mol. The van der Waals surface area contributed by atoms with Crippen LogP contribution in [-0.2, 0) is 0 Å². The molecule has 0 spiro atoms. The first-order valence-corrected chi connectivity index (χ1v) is 4.68. The number of rotatable bonds is 0. The zero-order valence-corrected chi connectivity index (χ0v) is 7.95. The molecule has 0 fully saturated rings. The third-order valence-electron chi connectivity index (χ3n) is 1.45. The highest BCUT2D eigenvalue weighted by atomic mass is 79.9. The van der Waals surface area contributed by atoms with Crippen LogP contribution in [0, 0.1) is 0 Å². The van der Waals surface area contributed by atoms with Gasteiger partial charge in [-0.25, -0.2) is 4.98 Å². The van der Waals surface area contributed by atoms with E-state index in [0.29, 0.717) is 5.82 Å². The molecule has 2 nitrogen and oxygen atoms in total. The molecule has 0 aliphatic carbocycles. The molecule has 0 aromatic carbocycles. The smallest absolute Gasteiger partial charge is 0.132 e. The predicted molar refractivity (Wildman–Crippen MR) is 51.7 cm³/mol. The first kappa shape index (κ1) is 7.06. The van der Waals surface area contributed by atoms with Gasteiger partial charge in [-0.15, -0.1) is 11.3 Å². The molecular formula is C7H5BrN2S. The summed E-state index contributed by atoms with van der Waals surface area (Å²) < 4.78 is 2.26. The summed E-state index contributed by atoms with van der Waals surface area (Å²) in [6, 6.07) is 3.95. The number of nitrogens with zero attached hydrogens (tertiary/aromatic N) is 1. The second-order valence-electron chi connectivity index (χ2n) is 2.16. The fourth-order valence-electron chi connectivity index (χ4n) is 0.953. The largest absolute Gasteiger partial charge is 0.383 e. The highest BCUT2D eigenvalue weighted by Gasteiger charge is 2.01. The van der Waals surface area contributed by atoms with Crippen LogP contribution in [0.2, 0.25) is 0 Å². The number of thiophene rings is 1. The van der Waals surface area contributed by atoms with Crippen molar-refractivity contribution in [3.05, 3.63) is 22.1 Å². The van der Waals surface area contributed by atoms with Gasteiger partial charge in [0.05, 0.1) is 3.79 Å². The Morgan fingerprint density at radius 3 is 3.09 bits per heavy atom. The molecule has 0 unspecified atom stereocenters. The molecule has 2 heterocycles. The van der Waals surface area contributed by atoms with Crippen LogP contribution in [0.3, 0.4) is 0 Å². The maximum absolute atomic E-state index is 5.64. The van der Waals surface area contributed by atoms with E-state index in [1.54, 1.807) is 17.5 Å². The number of nitrogen functional groups attached to an aromatic ring is 1. The van der Waals surface area contributed by atoms with Crippen LogP contribution in [0.5, 0.6) is 0 Å². The lowest BCUT2D eigenvalue weighted by Gasteiger charge is -1.90. The van der Waals surface area contributed by atoms with Gasteiger partial charge < -0.3 is 5.73 Å². The Labute approximate surface area is 76.2 Å². The average molecular weight is 229 g/mol. The van der Waals surface area contributed by atoms with Gasteiger partial charge in [0.25, 0.3) is 0 Å². The average Bonchev–Trinajstić information content (AvgIpc) is 2.31. The second-order valence-corrected chi connectivity index (χ2v) is 4.62. The van der Waals surface area contributed by atoms with E-state index < -0.39 is 0 Å². The first-order valence-electron chi connectivity index (χ1n) is 3.07. The van der Waals surface area contributed by atoms with E-state index in [9.17, 15) is 0 Å². The maximum Gasteiger partial charge on any atom is 0.132 e. The van der Waals surface area contributed by atoms with Gasteiger partial charge >= 0.3 is 0 Å². The van der Waals surface area contributed by atoms with Crippen LogP contribution in [0.25, 0.3) is 10.1 Å². The van der Waals surface area contributed by atoms with Gasteiger partial charge in [0.1, 0.15) is 5.82 Å². The molecule has 11 heavy (non-hydrogen) atoms. The van der Waals surface area contributed by atoms with Crippen LogP contribution in [0.1, 0.15) is 0 Å². The minimum absolute atomic E-state index is 0.601. The fourth-order valence-corrected chi connectivity index (χ4v) is 2.49. The summed E-state index contributed by atoms with van der Waals surface area (Å²) in [6.45, 7) is 0. The number of nitrogens with two attached hydrogens (primary N) is 1. The molecule has 0 bridgehead atoms. The summed E-state index contributed by atoms with van der Waals surface area (Å²) in [5.41, 5.74) is 5.64. The molecule has 2 rings (SSSR count). The summed E-state index contributed by atoms with van der Waals surface area (Å²) in [5.74, 6) is 0.601. The van der Waals surface area contributed by atoms with E-state index >= 15 is 0 Å². The Bertz CT molecular complexity index is 396. The summed E-state index contributed by atoms with van der Waals surface area (Å²) in [5, 5.41) is 1.03. The van der Waals surface area contributed by atoms with Crippen LogP contribution in [-0.4, -0.2) is 4.98 Å². The topological polar surface area (TPSA) is 38.9 Å². The van der Waals surface area contributed by atoms with Crippen molar-refractivity contribution in [2.24, 2.45) is 0 Å². The van der Waals surface area contributed by atoms with Crippen molar-refractivity contribution < 1.29 is 0 Å². The standard InChI is InChI=1S/C7H5BrN2S/c8-6-3-4-5(11-6)1-2-10-7(4)9/h1-3H,(H2,9,10). The summed E-state index contributed by atoms with van der Waals surface area (Å²) in [7, 11) is 0. The Morgan fingerprint density at radius 2 is 2.36 bits per heavy atom. The van der Waals surface area contributed by atoms with Crippen LogP contribution < -0.4 is 5.73 Å². The predicted octanol–water partition coefficient (Wildman–Crippen LogP) is 2.64. The van der Waals surface area contributed by atoms with E-state index in [4.69, 9.17) is 5.73 Å². The van der Waals surface area contributed by atoms with Gasteiger partial charge in [0, 0.05) is 16.3 Å². The van der Waals surface area contributed by atoms with Crippen molar-refractivity contribution in [2.45, 2.75) is 0 Å². The van der Waals surface area contributed by atoms with Gasteiger partial charge in [-0.05, 0) is 28.1 Å². The molecule has 2 aromatic rings. The van der Waals surface area contributed by atoms with Crippen molar-refractivity contribution in [3.63, 3.8) is 0 Å². The normalized spacial score (nSPS) is 10.6. The highest BCUT2D eigenvalue weighted by Crippen LogP contribution is 2.31. The Morgan fingerprint density at radius 1 is 1.55 bits per heavy atom. The summed E-state index contributed by atoms with van der Waals surface area (Å²) in [6.07, 6.45) is 1.72. The molecule has 56 valence electrons. The fraction of sp³-hybridized carbons (Fsp3) is 0. The third kappa shape index (κ3) is 1.12. The van der Waals surface area contributed by atoms with Gasteiger partial charge in [-0.2, -0.15) is 0 Å². The van der Waals surface area contributed by atoms with Gasteiger partial charge in [0.15, 0.2) is 0 Å². The molecule has 0 amide bonds. The lowest BCUT2D eigenvalue weighted by atomic mass is 10.3. The lowest BCUT2D eigenvalue weighted by Crippen LogP contribution is -1.87. The molecule has 0 aliphatic heterocycles. The Balaban J connectivity index is 2.90. The minimum atomic E-state index is 0.601. The van der Waals surface area contributed by atoms with Crippen molar-refractivity contribution in [1.29, 1.82) is 0 Å². The molecule has 0 saturated carbocycles. The number of anilines is 1. The second kappa shape index (κ2) is 2.46. The van der Waals surface area contributed by atoms with E-state index in [2.05, 4.69) is 20.9 Å². The highest BCUT2D eigenvalue weighted by molar-refractivity contribution is 9.11. The molecule has 2 aromatic heterocycles. The van der Waals surface area contributed by atoms with Crippen LogP contribution in [0.4, 0.5) is 5.82 Å². The van der Waals surface area contributed by atoms with Crippen molar-refractivity contribution >= 4 is 43.2 Å². The molecule has 0 aliphatic rings. The number of halogens is 1. The number of hydrogen-bond acceptors (Lipinski definition) is 3. The van der Waals surface area contributed by atoms with Gasteiger partial charge in [0.2, 0.25) is 0 Å². The first-order chi connectivity index (χ1) is 5.27. The number of aromatic nitrogens is 1. The Kier molecular flexibility index (Phi) is 1.58. The van der Waals surface area contributed by atoms with Crippen LogP contribution >= 0.6 is 27.3 Å². The van der Waals surface area contributed by atoms with Crippen molar-refractivity contribution in [2.75, 3.05) is 5.73 Å². The number of pyridine rings is 1. The van der Waals surface area contributed by atoms with Crippen molar-refractivity contribution in [3.8, 4) is 0 Å². The zero-order valence-electron chi connectivity index (χ0n) is 5.54. The quantitative estimate of drug-likeness (QED) is 0.754. The van der Waals surface area contributed by atoms with Gasteiger partial charge in [-0.1, -0.05) is 0 Å². The summed E-state index contributed by atoms with van der Waals surface area (Å²) in [4.78, 5) is 3.98. The van der Waals surface area contributed by atoms with Gasteiger partial charge in [-0.3, -0.25) is 0 Å². The number of hydrogen-bond donors (Lipinski definition) is 1. The van der Waals surface area contributed by atoms with E-state index in [1.807, 2.05) is 12.1 Å². The van der Waals surface area contributed by atoms with Crippen LogP contribution in [0.15, 0.2) is 22.1 Å². The van der Waals surface area contributed by atoms with E-state index in [0.717, 1.165) is 9.17 Å². The maximum atomic E-state index is 5.64. The molecule has 0 atom stereocenters. The SMILES string of the molecule is Nc1nccc2sc(Br)cc12. The van der Waals surface area contributed by atoms with Crippen molar-refractivity contribution in [1.82, 2.24) is 4.98 Å². The molecule has 2 N–H and O–H groups in total. The van der Waals surface area contributed by atoms with E-state index in [-0.39, 0.29) is 0 Å². The lowest BCUT2D eigenvalue weighted by molar-refractivity contribution is 1.38. The number of fused-ring (bicyclic) bond motifs is 1. The third-order valence-corrected chi connectivity index (χ3v) is 3.05. The minimum Gasteiger partial charge on any atom is -0.383 e. The summed E-state index contributed by atoms with van der Waals surface area (Å²) >= 11 is 5.06. The molecule has 0 saturated heterocycles. The molecule has 0 radical (unpaired) electrons.